The summed E-state index contributed by atoms with van der Waals surface area (Å²) in [5, 5.41) is 19.4. The molecule has 0 bridgehead atoms. The Bertz CT molecular complexity index is 887. The number of benzene rings is 1. The van der Waals surface area contributed by atoms with E-state index in [4.69, 9.17) is 9.84 Å². The molecule has 5 heteroatoms. The van der Waals surface area contributed by atoms with Crippen LogP contribution in [0.4, 0.5) is 0 Å². The van der Waals surface area contributed by atoms with Crippen LogP contribution in [0.15, 0.2) is 24.3 Å². The molecular formula is C26H38O4S. The van der Waals surface area contributed by atoms with Crippen molar-refractivity contribution in [1.82, 2.24) is 0 Å². The fraction of sp³-hybridized carbons (Fsp3) is 0.577. The van der Waals surface area contributed by atoms with Gasteiger partial charge in [0.1, 0.15) is 12.4 Å². The highest BCUT2D eigenvalue weighted by Crippen LogP contribution is 2.44. The quantitative estimate of drug-likeness (QED) is 0.451. The van der Waals surface area contributed by atoms with Crippen LogP contribution in [0.1, 0.15) is 80.3 Å². The van der Waals surface area contributed by atoms with Crippen molar-refractivity contribution in [2.75, 3.05) is 6.61 Å². The summed E-state index contributed by atoms with van der Waals surface area (Å²) in [4.78, 5) is 13.5. The SMILES string of the molecule is CCC(CC)(c1ccc(OCC(O)C(C)(C)C)c(C)c1)c1cc(C)c(CCC(=O)O)s1. The maximum absolute atomic E-state index is 11.0. The number of aliphatic hydroxyl groups is 1. The number of carboxylic acids is 1. The smallest absolute Gasteiger partial charge is 0.303 e. The van der Waals surface area contributed by atoms with Crippen molar-refractivity contribution in [2.45, 2.75) is 85.7 Å². The third-order valence-corrected chi connectivity index (χ3v) is 7.89. The topological polar surface area (TPSA) is 66.8 Å². The van der Waals surface area contributed by atoms with Crippen LogP contribution in [0, 0.1) is 19.3 Å². The van der Waals surface area contributed by atoms with E-state index < -0.39 is 12.1 Å². The van der Waals surface area contributed by atoms with Gasteiger partial charge in [0.2, 0.25) is 0 Å². The predicted molar refractivity (Wildman–Crippen MR) is 129 cm³/mol. The van der Waals surface area contributed by atoms with Crippen molar-refractivity contribution in [3.05, 3.63) is 50.7 Å². The van der Waals surface area contributed by atoms with Crippen LogP contribution < -0.4 is 4.74 Å². The van der Waals surface area contributed by atoms with Crippen LogP contribution in [-0.2, 0) is 16.6 Å². The average Bonchev–Trinajstić information content (AvgIpc) is 3.07. The predicted octanol–water partition coefficient (Wildman–Crippen LogP) is 6.27. The second kappa shape index (κ2) is 10.2. The highest BCUT2D eigenvalue weighted by Gasteiger charge is 2.33. The number of aryl methyl sites for hydroxylation is 3. The molecule has 0 spiro atoms. The third kappa shape index (κ3) is 5.89. The fourth-order valence-corrected chi connectivity index (χ4v) is 5.43. The standard InChI is InChI=1S/C26H38O4S/c1-8-26(9-2,23-15-18(4)21(31-23)12-13-24(28)29)19-10-11-20(17(3)14-19)30-16-22(27)25(5,6)7/h10-11,14-15,22,27H,8-9,12-13,16H2,1-7H3,(H,28,29). The van der Waals surface area contributed by atoms with Crippen LogP contribution in [0.2, 0.25) is 0 Å². The van der Waals surface area contributed by atoms with Gasteiger partial charge < -0.3 is 14.9 Å². The van der Waals surface area contributed by atoms with Gasteiger partial charge in [-0.2, -0.15) is 0 Å². The number of carbonyl (C=O) groups is 1. The summed E-state index contributed by atoms with van der Waals surface area (Å²) in [5.41, 5.74) is 3.17. The molecule has 4 nitrogen and oxygen atoms in total. The maximum atomic E-state index is 11.0. The molecule has 0 aliphatic rings. The Labute approximate surface area is 191 Å². The van der Waals surface area contributed by atoms with Crippen molar-refractivity contribution in [1.29, 1.82) is 0 Å². The van der Waals surface area contributed by atoms with Crippen molar-refractivity contribution in [3.8, 4) is 5.75 Å². The molecule has 0 fully saturated rings. The van der Waals surface area contributed by atoms with Gasteiger partial charge in [0.05, 0.1) is 12.5 Å². The number of ether oxygens (including phenoxy) is 1. The van der Waals surface area contributed by atoms with E-state index in [0.717, 1.165) is 29.0 Å². The number of aliphatic hydroxyl groups excluding tert-OH is 1. The number of hydrogen-bond donors (Lipinski definition) is 2. The normalized spacial score (nSPS) is 13.3. The summed E-state index contributed by atoms with van der Waals surface area (Å²) in [6.07, 6.45) is 2.14. The van der Waals surface area contributed by atoms with E-state index in [0.29, 0.717) is 6.42 Å². The zero-order valence-corrected chi connectivity index (χ0v) is 20.9. The first kappa shape index (κ1) is 25.4. The number of rotatable bonds is 10. The minimum absolute atomic E-state index is 0.106. The minimum atomic E-state index is -0.755. The second-order valence-electron chi connectivity index (χ2n) is 9.57. The Morgan fingerprint density at radius 3 is 2.26 bits per heavy atom. The first-order valence-corrected chi connectivity index (χ1v) is 12.0. The van der Waals surface area contributed by atoms with Gasteiger partial charge in [0, 0.05) is 15.2 Å². The van der Waals surface area contributed by atoms with E-state index in [-0.39, 0.29) is 23.9 Å². The molecule has 2 rings (SSSR count). The molecule has 0 saturated carbocycles. The Morgan fingerprint density at radius 1 is 1.10 bits per heavy atom. The molecule has 1 aromatic carbocycles. The largest absolute Gasteiger partial charge is 0.491 e. The van der Waals surface area contributed by atoms with Gasteiger partial charge in [-0.1, -0.05) is 46.8 Å². The van der Waals surface area contributed by atoms with Crippen molar-refractivity contribution in [2.24, 2.45) is 5.41 Å². The van der Waals surface area contributed by atoms with E-state index in [1.54, 1.807) is 11.3 Å². The first-order chi connectivity index (χ1) is 14.4. The molecule has 0 saturated heterocycles. The maximum Gasteiger partial charge on any atom is 0.303 e. The van der Waals surface area contributed by atoms with E-state index in [1.165, 1.54) is 16.0 Å². The molecular weight excluding hydrogens is 408 g/mol. The van der Waals surface area contributed by atoms with Crippen LogP contribution >= 0.6 is 11.3 Å². The molecule has 31 heavy (non-hydrogen) atoms. The highest BCUT2D eigenvalue weighted by molar-refractivity contribution is 7.12. The zero-order valence-electron chi connectivity index (χ0n) is 20.0. The van der Waals surface area contributed by atoms with Crippen LogP contribution in [0.3, 0.4) is 0 Å². The van der Waals surface area contributed by atoms with Gasteiger partial charge >= 0.3 is 5.97 Å². The number of thiophene rings is 1. The number of aliphatic carboxylic acids is 1. The lowest BCUT2D eigenvalue weighted by atomic mass is 9.74. The summed E-state index contributed by atoms with van der Waals surface area (Å²) in [6.45, 7) is 14.8. The van der Waals surface area contributed by atoms with E-state index in [2.05, 4.69) is 45.9 Å². The molecule has 172 valence electrons. The van der Waals surface area contributed by atoms with Crippen molar-refractivity contribution < 1.29 is 19.7 Å². The fourth-order valence-electron chi connectivity index (χ4n) is 3.90. The molecule has 2 N–H and O–H groups in total. The molecule has 1 atom stereocenters. The summed E-state index contributed by atoms with van der Waals surface area (Å²) >= 11 is 1.75. The molecule has 1 heterocycles. The highest BCUT2D eigenvalue weighted by atomic mass is 32.1. The van der Waals surface area contributed by atoms with Crippen molar-refractivity contribution in [3.63, 3.8) is 0 Å². The minimum Gasteiger partial charge on any atom is -0.491 e. The second-order valence-corrected chi connectivity index (χ2v) is 10.7. The number of carboxylic acid groups (broad SMARTS) is 1. The average molecular weight is 447 g/mol. The molecule has 0 aliphatic heterocycles. The number of hydrogen-bond acceptors (Lipinski definition) is 4. The Balaban J connectivity index is 2.33. The van der Waals surface area contributed by atoms with Gasteiger partial charge in [0.15, 0.2) is 0 Å². The molecule has 0 aliphatic carbocycles. The first-order valence-electron chi connectivity index (χ1n) is 11.2. The molecule has 0 radical (unpaired) electrons. The lowest BCUT2D eigenvalue weighted by molar-refractivity contribution is -0.136. The van der Waals surface area contributed by atoms with Crippen LogP contribution in [0.5, 0.6) is 5.75 Å². The molecule has 2 aromatic rings. The van der Waals surface area contributed by atoms with Crippen LogP contribution in [-0.4, -0.2) is 28.9 Å². The van der Waals surface area contributed by atoms with E-state index in [9.17, 15) is 9.90 Å². The lowest BCUT2D eigenvalue weighted by Crippen LogP contribution is -2.32. The lowest BCUT2D eigenvalue weighted by Gasteiger charge is -2.32. The Kier molecular flexibility index (Phi) is 8.34. The molecule has 1 aromatic heterocycles. The Hall–Kier alpha value is -1.85. The van der Waals surface area contributed by atoms with Gasteiger partial charge in [0.25, 0.3) is 0 Å². The molecule has 0 amide bonds. The molecule has 1 unspecified atom stereocenters. The van der Waals surface area contributed by atoms with E-state index >= 15 is 0 Å². The summed E-state index contributed by atoms with van der Waals surface area (Å²) < 4.78 is 5.94. The summed E-state index contributed by atoms with van der Waals surface area (Å²) in [5.74, 6) is 0.0482. The van der Waals surface area contributed by atoms with Gasteiger partial charge in [-0.3, -0.25) is 4.79 Å². The van der Waals surface area contributed by atoms with Gasteiger partial charge in [-0.15, -0.1) is 11.3 Å². The summed E-state index contributed by atoms with van der Waals surface area (Å²) in [7, 11) is 0. The van der Waals surface area contributed by atoms with Gasteiger partial charge in [-0.05, 0) is 67.3 Å². The third-order valence-electron chi connectivity index (χ3n) is 6.39. The zero-order chi connectivity index (χ0) is 23.4. The Morgan fingerprint density at radius 2 is 1.74 bits per heavy atom. The van der Waals surface area contributed by atoms with Crippen molar-refractivity contribution >= 4 is 17.3 Å². The van der Waals surface area contributed by atoms with Crippen LogP contribution in [0.25, 0.3) is 0 Å². The monoisotopic (exact) mass is 446 g/mol. The van der Waals surface area contributed by atoms with E-state index in [1.807, 2.05) is 26.8 Å². The van der Waals surface area contributed by atoms with Gasteiger partial charge in [-0.25, -0.2) is 0 Å². The summed E-state index contributed by atoms with van der Waals surface area (Å²) in [6, 6.07) is 8.61.